The Labute approximate surface area is 118 Å². The zero-order chi connectivity index (χ0) is 14.4. The van der Waals surface area contributed by atoms with E-state index in [0.29, 0.717) is 12.2 Å². The first-order valence-electron chi connectivity index (χ1n) is 7.20. The minimum Gasteiger partial charge on any atom is -0.480 e. The number of carbonyl (C=O) groups is 1. The van der Waals surface area contributed by atoms with Crippen LogP contribution in [0.4, 0.5) is 0 Å². The Balaban J connectivity index is 2.03. The van der Waals surface area contributed by atoms with Gasteiger partial charge in [-0.1, -0.05) is 30.9 Å². The number of aliphatic carboxylic acids is 1. The first kappa shape index (κ1) is 14.9. The molecule has 1 saturated carbocycles. The summed E-state index contributed by atoms with van der Waals surface area (Å²) >= 11 is 0. The normalized spacial score (nSPS) is 18.6. The zero-order valence-corrected chi connectivity index (χ0v) is 11.5. The number of aliphatic hydroxyl groups excluding tert-OH is 1. The Morgan fingerprint density at radius 3 is 2.70 bits per heavy atom. The SMILES string of the molecule is O=C(O)C(NC1CCCCCC1)c1cn(CCO)nn1. The molecule has 1 unspecified atom stereocenters. The highest BCUT2D eigenvalue weighted by Gasteiger charge is 2.26. The van der Waals surface area contributed by atoms with Gasteiger partial charge < -0.3 is 10.2 Å². The largest absolute Gasteiger partial charge is 0.480 e. The third-order valence-corrected chi connectivity index (χ3v) is 3.69. The Hall–Kier alpha value is -1.47. The quantitative estimate of drug-likeness (QED) is 0.664. The van der Waals surface area contributed by atoms with Crippen LogP contribution in [-0.2, 0) is 11.3 Å². The summed E-state index contributed by atoms with van der Waals surface area (Å²) in [5.74, 6) is -0.940. The van der Waals surface area contributed by atoms with E-state index in [1.54, 1.807) is 6.20 Å². The maximum atomic E-state index is 11.4. The smallest absolute Gasteiger partial charge is 0.327 e. The Kier molecular flexibility index (Phi) is 5.49. The monoisotopic (exact) mass is 282 g/mol. The van der Waals surface area contributed by atoms with Crippen molar-refractivity contribution in [2.24, 2.45) is 0 Å². The lowest BCUT2D eigenvalue weighted by atomic mass is 10.1. The summed E-state index contributed by atoms with van der Waals surface area (Å²) in [5.41, 5.74) is 0.398. The van der Waals surface area contributed by atoms with E-state index >= 15 is 0 Å². The summed E-state index contributed by atoms with van der Waals surface area (Å²) in [6.07, 6.45) is 8.33. The predicted molar refractivity (Wildman–Crippen MR) is 72.1 cm³/mol. The van der Waals surface area contributed by atoms with Gasteiger partial charge in [-0.25, -0.2) is 4.68 Å². The molecule has 0 amide bonds. The molecule has 20 heavy (non-hydrogen) atoms. The molecule has 0 spiro atoms. The van der Waals surface area contributed by atoms with Gasteiger partial charge in [-0.05, 0) is 12.8 Å². The second-order valence-corrected chi connectivity index (χ2v) is 5.26. The first-order valence-corrected chi connectivity index (χ1v) is 7.20. The van der Waals surface area contributed by atoms with E-state index in [4.69, 9.17) is 5.11 Å². The summed E-state index contributed by atoms with van der Waals surface area (Å²) < 4.78 is 1.46. The van der Waals surface area contributed by atoms with E-state index in [2.05, 4.69) is 15.6 Å². The van der Waals surface area contributed by atoms with Gasteiger partial charge in [0.2, 0.25) is 0 Å². The van der Waals surface area contributed by atoms with Crippen LogP contribution < -0.4 is 5.32 Å². The molecule has 2 rings (SSSR count). The van der Waals surface area contributed by atoms with Gasteiger partial charge in [0.25, 0.3) is 0 Å². The van der Waals surface area contributed by atoms with E-state index < -0.39 is 12.0 Å². The van der Waals surface area contributed by atoms with E-state index in [1.807, 2.05) is 0 Å². The van der Waals surface area contributed by atoms with E-state index in [0.717, 1.165) is 25.7 Å². The molecule has 0 bridgehead atoms. The van der Waals surface area contributed by atoms with Crippen molar-refractivity contribution in [3.05, 3.63) is 11.9 Å². The molecule has 0 aliphatic heterocycles. The third-order valence-electron chi connectivity index (χ3n) is 3.69. The van der Waals surface area contributed by atoms with Crippen molar-refractivity contribution in [3.8, 4) is 0 Å². The van der Waals surface area contributed by atoms with Gasteiger partial charge in [-0.3, -0.25) is 10.1 Å². The van der Waals surface area contributed by atoms with Crippen LogP contribution in [-0.4, -0.2) is 43.8 Å². The van der Waals surface area contributed by atoms with Crippen LogP contribution in [0.25, 0.3) is 0 Å². The van der Waals surface area contributed by atoms with Crippen molar-refractivity contribution in [1.82, 2.24) is 20.3 Å². The van der Waals surface area contributed by atoms with Crippen LogP contribution in [0.15, 0.2) is 6.20 Å². The fourth-order valence-electron chi connectivity index (χ4n) is 2.62. The maximum absolute atomic E-state index is 11.4. The van der Waals surface area contributed by atoms with Crippen molar-refractivity contribution in [3.63, 3.8) is 0 Å². The summed E-state index contributed by atoms with van der Waals surface area (Å²) in [7, 11) is 0. The minimum atomic E-state index is -0.940. The lowest BCUT2D eigenvalue weighted by molar-refractivity contribution is -0.140. The fraction of sp³-hybridized carbons (Fsp3) is 0.769. The van der Waals surface area contributed by atoms with Crippen LogP contribution >= 0.6 is 0 Å². The summed E-state index contributed by atoms with van der Waals surface area (Å²) in [5, 5.41) is 29.1. The molecule has 0 aromatic carbocycles. The van der Waals surface area contributed by atoms with E-state index in [1.165, 1.54) is 17.5 Å². The lowest BCUT2D eigenvalue weighted by Gasteiger charge is -2.20. The molecule has 1 atom stereocenters. The standard InChI is InChI=1S/C13H22N4O3/c18-8-7-17-9-11(15-16-17)12(13(19)20)14-10-5-3-1-2-4-6-10/h9-10,12,14,18H,1-8H2,(H,19,20). The molecule has 1 fully saturated rings. The van der Waals surface area contributed by atoms with Crippen molar-refractivity contribution in [1.29, 1.82) is 0 Å². The van der Waals surface area contributed by atoms with Crippen molar-refractivity contribution >= 4 is 5.97 Å². The van der Waals surface area contributed by atoms with E-state index in [-0.39, 0.29) is 12.6 Å². The zero-order valence-electron chi connectivity index (χ0n) is 11.5. The highest BCUT2D eigenvalue weighted by Crippen LogP contribution is 2.20. The van der Waals surface area contributed by atoms with E-state index in [9.17, 15) is 9.90 Å². The molecule has 7 nitrogen and oxygen atoms in total. The number of aromatic nitrogens is 3. The molecule has 1 aliphatic rings. The molecule has 1 aliphatic carbocycles. The summed E-state index contributed by atoms with van der Waals surface area (Å²) in [6.45, 7) is 0.277. The number of aliphatic hydroxyl groups is 1. The molecular formula is C13H22N4O3. The number of hydrogen-bond acceptors (Lipinski definition) is 5. The third kappa shape index (κ3) is 4.01. The highest BCUT2D eigenvalue weighted by molar-refractivity contribution is 5.74. The minimum absolute atomic E-state index is 0.0450. The average Bonchev–Trinajstić information content (AvgIpc) is 2.72. The molecule has 1 heterocycles. The molecule has 0 radical (unpaired) electrons. The molecule has 7 heteroatoms. The first-order chi connectivity index (χ1) is 9.70. The van der Waals surface area contributed by atoms with Crippen LogP contribution in [0, 0.1) is 0 Å². The maximum Gasteiger partial charge on any atom is 0.327 e. The van der Waals surface area contributed by atoms with Gasteiger partial charge in [-0.15, -0.1) is 5.10 Å². The van der Waals surface area contributed by atoms with Gasteiger partial charge >= 0.3 is 5.97 Å². The van der Waals surface area contributed by atoms with Gasteiger partial charge in [0.15, 0.2) is 6.04 Å². The van der Waals surface area contributed by atoms with Crippen LogP contribution in [0.1, 0.15) is 50.3 Å². The molecule has 1 aromatic heterocycles. The fourth-order valence-corrected chi connectivity index (χ4v) is 2.62. The summed E-state index contributed by atoms with van der Waals surface area (Å²) in [6, 6.07) is -0.605. The van der Waals surface area contributed by atoms with Crippen molar-refractivity contribution < 1.29 is 15.0 Å². The molecular weight excluding hydrogens is 260 g/mol. The van der Waals surface area contributed by atoms with Crippen molar-refractivity contribution in [2.75, 3.05) is 6.61 Å². The number of nitrogens with one attached hydrogen (secondary N) is 1. The molecule has 0 saturated heterocycles. The number of hydrogen-bond donors (Lipinski definition) is 3. The van der Waals surface area contributed by atoms with Gasteiger partial charge in [-0.2, -0.15) is 0 Å². The Morgan fingerprint density at radius 2 is 2.10 bits per heavy atom. The topological polar surface area (TPSA) is 100 Å². The number of rotatable bonds is 6. The van der Waals surface area contributed by atoms with Crippen LogP contribution in [0.2, 0.25) is 0 Å². The molecule has 1 aromatic rings. The number of nitrogens with zero attached hydrogens (tertiary/aromatic N) is 3. The van der Waals surface area contributed by atoms with Crippen LogP contribution in [0.5, 0.6) is 0 Å². The van der Waals surface area contributed by atoms with Gasteiger partial charge in [0.05, 0.1) is 19.3 Å². The Bertz CT molecular complexity index is 427. The van der Waals surface area contributed by atoms with Gasteiger partial charge in [0.1, 0.15) is 5.69 Å². The predicted octanol–water partition coefficient (Wildman–Crippen LogP) is 0.708. The van der Waals surface area contributed by atoms with Crippen molar-refractivity contribution in [2.45, 2.75) is 57.2 Å². The molecule has 112 valence electrons. The van der Waals surface area contributed by atoms with Crippen LogP contribution in [0.3, 0.4) is 0 Å². The highest BCUT2D eigenvalue weighted by atomic mass is 16.4. The lowest BCUT2D eigenvalue weighted by Crippen LogP contribution is -2.37. The second kappa shape index (κ2) is 7.35. The average molecular weight is 282 g/mol. The number of carboxylic acids is 1. The Morgan fingerprint density at radius 1 is 1.40 bits per heavy atom. The van der Waals surface area contributed by atoms with Gasteiger partial charge in [0, 0.05) is 6.04 Å². The second-order valence-electron chi connectivity index (χ2n) is 5.26. The number of carboxylic acid groups (broad SMARTS) is 1. The molecule has 3 N–H and O–H groups in total. The summed E-state index contributed by atoms with van der Waals surface area (Å²) in [4.78, 5) is 11.4.